The van der Waals surface area contributed by atoms with Gasteiger partial charge >= 0.3 is 5.97 Å². The van der Waals surface area contributed by atoms with E-state index in [2.05, 4.69) is 23.0 Å². The van der Waals surface area contributed by atoms with Crippen LogP contribution in [-0.2, 0) is 16.6 Å². The molecular formula is C22H24N2O3. The Morgan fingerprint density at radius 2 is 2.04 bits per heavy atom. The standard InChI is InChI=1S/C22H24N2O3/c1-4-22(10-11-22)20-17(16-9-8-15(26-2)13-19(16)24-20)12-14-6-5-7-18(23-14)21(25)27-3/h5-9,13,24H,4,10-12H2,1-3H3. The van der Waals surface area contributed by atoms with Gasteiger partial charge in [0.25, 0.3) is 0 Å². The lowest BCUT2D eigenvalue weighted by Crippen LogP contribution is -2.10. The molecule has 3 aromatic rings. The summed E-state index contributed by atoms with van der Waals surface area (Å²) in [5.74, 6) is 0.432. The number of nitrogens with zero attached hydrogens (tertiary/aromatic N) is 1. The van der Waals surface area contributed by atoms with Gasteiger partial charge in [-0.2, -0.15) is 0 Å². The maximum atomic E-state index is 11.8. The Morgan fingerprint density at radius 1 is 1.22 bits per heavy atom. The van der Waals surface area contributed by atoms with Crippen LogP contribution in [0.5, 0.6) is 5.75 Å². The molecule has 0 radical (unpaired) electrons. The molecular weight excluding hydrogens is 340 g/mol. The van der Waals surface area contributed by atoms with Crippen molar-refractivity contribution in [1.82, 2.24) is 9.97 Å². The molecule has 2 aromatic heterocycles. The van der Waals surface area contributed by atoms with Crippen LogP contribution in [0.4, 0.5) is 0 Å². The van der Waals surface area contributed by atoms with E-state index in [0.29, 0.717) is 12.1 Å². The summed E-state index contributed by atoms with van der Waals surface area (Å²) in [5.41, 5.74) is 5.10. The minimum Gasteiger partial charge on any atom is -0.497 e. The smallest absolute Gasteiger partial charge is 0.356 e. The molecule has 0 aliphatic heterocycles. The number of rotatable bonds is 6. The van der Waals surface area contributed by atoms with Gasteiger partial charge in [0.05, 0.1) is 14.2 Å². The van der Waals surface area contributed by atoms with Gasteiger partial charge in [0.15, 0.2) is 0 Å². The molecule has 0 atom stereocenters. The third kappa shape index (κ3) is 3.07. The van der Waals surface area contributed by atoms with Crippen LogP contribution in [0.2, 0.25) is 0 Å². The predicted octanol–water partition coefficient (Wildman–Crippen LogP) is 4.39. The number of H-pyrrole nitrogens is 1. The molecule has 0 unspecified atom stereocenters. The molecule has 4 rings (SSSR count). The maximum absolute atomic E-state index is 11.8. The first-order chi connectivity index (χ1) is 13.1. The molecule has 2 heterocycles. The summed E-state index contributed by atoms with van der Waals surface area (Å²) >= 11 is 0. The highest BCUT2D eigenvalue weighted by atomic mass is 16.5. The summed E-state index contributed by atoms with van der Waals surface area (Å²) in [6.45, 7) is 2.25. The van der Waals surface area contributed by atoms with Crippen LogP contribution in [0.25, 0.3) is 10.9 Å². The molecule has 1 N–H and O–H groups in total. The summed E-state index contributed by atoms with van der Waals surface area (Å²) in [6, 6.07) is 11.7. The van der Waals surface area contributed by atoms with E-state index in [1.54, 1.807) is 13.2 Å². The number of carbonyl (C=O) groups is 1. The van der Waals surface area contributed by atoms with E-state index in [4.69, 9.17) is 9.47 Å². The number of benzene rings is 1. The van der Waals surface area contributed by atoms with Gasteiger partial charge < -0.3 is 14.5 Å². The average Bonchev–Trinajstić information content (AvgIpc) is 3.43. The van der Waals surface area contributed by atoms with Crippen molar-refractivity contribution in [1.29, 1.82) is 0 Å². The number of hydrogen-bond acceptors (Lipinski definition) is 4. The Balaban J connectivity index is 1.80. The Hall–Kier alpha value is -2.82. The van der Waals surface area contributed by atoms with Crippen molar-refractivity contribution in [3.63, 3.8) is 0 Å². The van der Waals surface area contributed by atoms with Crippen molar-refractivity contribution >= 4 is 16.9 Å². The number of esters is 1. The highest BCUT2D eigenvalue weighted by molar-refractivity contribution is 5.88. The average molecular weight is 364 g/mol. The van der Waals surface area contributed by atoms with E-state index >= 15 is 0 Å². The fourth-order valence-corrected chi connectivity index (χ4v) is 3.91. The SMILES string of the molecule is CCC1(c2[nH]c3cc(OC)ccc3c2Cc2cccc(C(=O)OC)n2)CC1. The Kier molecular flexibility index (Phi) is 4.38. The van der Waals surface area contributed by atoms with E-state index in [1.165, 1.54) is 36.6 Å². The van der Waals surface area contributed by atoms with Crippen molar-refractivity contribution in [2.24, 2.45) is 0 Å². The number of aromatic nitrogens is 2. The van der Waals surface area contributed by atoms with Crippen molar-refractivity contribution in [3.8, 4) is 5.75 Å². The predicted molar refractivity (Wildman–Crippen MR) is 104 cm³/mol. The second kappa shape index (κ2) is 6.72. The highest BCUT2D eigenvalue weighted by Gasteiger charge is 2.45. The normalized spacial score (nSPS) is 14.9. The van der Waals surface area contributed by atoms with E-state index in [1.807, 2.05) is 24.3 Å². The lowest BCUT2D eigenvalue weighted by molar-refractivity contribution is 0.0593. The summed E-state index contributed by atoms with van der Waals surface area (Å²) in [5, 5.41) is 1.19. The molecule has 140 valence electrons. The van der Waals surface area contributed by atoms with Crippen LogP contribution in [0.1, 0.15) is 53.6 Å². The molecule has 5 nitrogen and oxygen atoms in total. The minimum atomic E-state index is -0.409. The third-order valence-electron chi connectivity index (χ3n) is 5.73. The zero-order chi connectivity index (χ0) is 19.0. The molecule has 0 amide bonds. The lowest BCUT2D eigenvalue weighted by atomic mass is 9.92. The summed E-state index contributed by atoms with van der Waals surface area (Å²) in [4.78, 5) is 20.0. The molecule has 27 heavy (non-hydrogen) atoms. The van der Waals surface area contributed by atoms with Crippen LogP contribution in [0.3, 0.4) is 0 Å². The third-order valence-corrected chi connectivity index (χ3v) is 5.73. The van der Waals surface area contributed by atoms with Crippen LogP contribution in [-0.4, -0.2) is 30.2 Å². The summed E-state index contributed by atoms with van der Waals surface area (Å²) in [7, 11) is 3.06. The van der Waals surface area contributed by atoms with E-state index in [-0.39, 0.29) is 5.41 Å². The van der Waals surface area contributed by atoms with Crippen LogP contribution in [0.15, 0.2) is 36.4 Å². The summed E-state index contributed by atoms with van der Waals surface area (Å²) in [6.07, 6.45) is 4.19. The van der Waals surface area contributed by atoms with Crippen molar-refractivity contribution in [3.05, 3.63) is 59.0 Å². The van der Waals surface area contributed by atoms with Crippen molar-refractivity contribution < 1.29 is 14.3 Å². The number of methoxy groups -OCH3 is 2. The number of aromatic amines is 1. The molecule has 1 aliphatic rings. The molecule has 5 heteroatoms. The molecule has 0 saturated heterocycles. The van der Waals surface area contributed by atoms with Crippen molar-refractivity contribution in [2.45, 2.75) is 38.0 Å². The van der Waals surface area contributed by atoms with Gasteiger partial charge in [-0.05, 0) is 49.1 Å². The fourth-order valence-electron chi connectivity index (χ4n) is 3.91. The number of carbonyl (C=O) groups excluding carboxylic acids is 1. The number of pyridine rings is 1. The molecule has 1 aliphatic carbocycles. The zero-order valence-electron chi connectivity index (χ0n) is 16.0. The monoisotopic (exact) mass is 364 g/mol. The second-order valence-electron chi connectivity index (χ2n) is 7.21. The largest absolute Gasteiger partial charge is 0.497 e. The Labute approximate surface area is 158 Å². The van der Waals surface area contributed by atoms with Crippen LogP contribution >= 0.6 is 0 Å². The number of ether oxygens (including phenoxy) is 2. The van der Waals surface area contributed by atoms with Gasteiger partial charge in [-0.15, -0.1) is 0 Å². The van der Waals surface area contributed by atoms with E-state index in [0.717, 1.165) is 23.4 Å². The second-order valence-corrected chi connectivity index (χ2v) is 7.21. The van der Waals surface area contributed by atoms with Crippen molar-refractivity contribution in [2.75, 3.05) is 14.2 Å². The van der Waals surface area contributed by atoms with Gasteiger partial charge in [-0.25, -0.2) is 9.78 Å². The first kappa shape index (κ1) is 17.6. The van der Waals surface area contributed by atoms with Gasteiger partial charge in [-0.1, -0.05) is 13.0 Å². The van der Waals surface area contributed by atoms with E-state index in [9.17, 15) is 4.79 Å². The number of nitrogens with one attached hydrogen (secondary N) is 1. The van der Waals surface area contributed by atoms with Gasteiger partial charge in [-0.3, -0.25) is 0 Å². The number of hydrogen-bond donors (Lipinski definition) is 1. The molecule has 1 saturated carbocycles. The number of fused-ring (bicyclic) bond motifs is 1. The summed E-state index contributed by atoms with van der Waals surface area (Å²) < 4.78 is 10.2. The van der Waals surface area contributed by atoms with Gasteiger partial charge in [0.2, 0.25) is 0 Å². The topological polar surface area (TPSA) is 64.2 Å². The fraction of sp³-hybridized carbons (Fsp3) is 0.364. The van der Waals surface area contributed by atoms with Gasteiger partial charge in [0, 0.05) is 40.2 Å². The first-order valence-electron chi connectivity index (χ1n) is 9.33. The zero-order valence-corrected chi connectivity index (χ0v) is 16.0. The lowest BCUT2D eigenvalue weighted by Gasteiger charge is -2.14. The van der Waals surface area contributed by atoms with Crippen LogP contribution < -0.4 is 4.74 Å². The van der Waals surface area contributed by atoms with E-state index < -0.39 is 5.97 Å². The first-order valence-corrected chi connectivity index (χ1v) is 9.33. The quantitative estimate of drug-likeness (QED) is 0.659. The molecule has 0 spiro atoms. The molecule has 0 bridgehead atoms. The maximum Gasteiger partial charge on any atom is 0.356 e. The minimum absolute atomic E-state index is 0.238. The van der Waals surface area contributed by atoms with Crippen LogP contribution in [0, 0.1) is 0 Å². The molecule has 1 aromatic carbocycles. The Morgan fingerprint density at radius 3 is 2.70 bits per heavy atom. The Bertz CT molecular complexity index is 1000. The molecule has 1 fully saturated rings. The van der Waals surface area contributed by atoms with Gasteiger partial charge in [0.1, 0.15) is 11.4 Å². The highest BCUT2D eigenvalue weighted by Crippen LogP contribution is 2.53.